The molecule has 1 aliphatic rings. The van der Waals surface area contributed by atoms with Crippen molar-refractivity contribution in [3.8, 4) is 0 Å². The molecule has 0 amide bonds. The maximum absolute atomic E-state index is 13.7. The van der Waals surface area contributed by atoms with Crippen LogP contribution in [0.25, 0.3) is 10.9 Å². The van der Waals surface area contributed by atoms with Gasteiger partial charge in [0.05, 0.1) is 11.6 Å². The lowest BCUT2D eigenvalue weighted by Gasteiger charge is -2.34. The number of thiophene rings is 1. The molecule has 3 aromatic heterocycles. The zero-order valence-electron chi connectivity index (χ0n) is 21.4. The largest absolute Gasteiger partial charge is 0.377 e. The molecule has 0 saturated carbocycles. The molecule has 0 aliphatic carbocycles. The summed E-state index contributed by atoms with van der Waals surface area (Å²) in [4.78, 5) is 20.3. The number of rotatable bonds is 9. The van der Waals surface area contributed by atoms with Crippen molar-refractivity contribution in [1.82, 2.24) is 30.1 Å². The van der Waals surface area contributed by atoms with E-state index in [2.05, 4.69) is 75.8 Å². The number of benzene rings is 1. The van der Waals surface area contributed by atoms with E-state index in [1.807, 2.05) is 23.7 Å². The molecule has 0 radical (unpaired) electrons. The van der Waals surface area contributed by atoms with Gasteiger partial charge in [-0.3, -0.25) is 9.69 Å². The van der Waals surface area contributed by atoms with E-state index in [1.165, 1.54) is 4.88 Å². The predicted molar refractivity (Wildman–Crippen MR) is 142 cm³/mol. The molecule has 1 fully saturated rings. The molecule has 2 atom stereocenters. The van der Waals surface area contributed by atoms with Gasteiger partial charge in [-0.15, -0.1) is 16.4 Å². The fourth-order valence-corrected chi connectivity index (χ4v) is 5.62. The average Bonchev–Trinajstić information content (AvgIpc) is 3.63. The molecule has 4 aromatic rings. The lowest BCUT2D eigenvalue weighted by Crippen LogP contribution is -2.41. The van der Waals surface area contributed by atoms with Crippen LogP contribution < -0.4 is 5.56 Å². The first kappa shape index (κ1) is 24.8. The second-order valence-corrected chi connectivity index (χ2v) is 11.3. The fraction of sp³-hybridized carbons (Fsp3) is 0.481. The summed E-state index contributed by atoms with van der Waals surface area (Å²) in [7, 11) is 0. The van der Waals surface area contributed by atoms with Crippen LogP contribution >= 0.6 is 11.3 Å². The van der Waals surface area contributed by atoms with Crippen LogP contribution in [-0.4, -0.2) is 49.3 Å². The van der Waals surface area contributed by atoms with Crippen LogP contribution in [0.4, 0.5) is 0 Å². The van der Waals surface area contributed by atoms with Gasteiger partial charge in [0.2, 0.25) is 0 Å². The molecule has 2 unspecified atom stereocenters. The Morgan fingerprint density at radius 2 is 2.17 bits per heavy atom. The van der Waals surface area contributed by atoms with Crippen LogP contribution in [0.3, 0.4) is 0 Å². The van der Waals surface area contributed by atoms with Gasteiger partial charge in [0, 0.05) is 35.7 Å². The van der Waals surface area contributed by atoms with Gasteiger partial charge in [-0.25, -0.2) is 4.68 Å². The number of aryl methyl sites for hydroxylation is 1. The van der Waals surface area contributed by atoms with Crippen molar-refractivity contribution >= 4 is 22.2 Å². The first-order valence-corrected chi connectivity index (χ1v) is 13.5. The summed E-state index contributed by atoms with van der Waals surface area (Å²) in [6.45, 7) is 10.5. The molecular formula is C27H34N6O2S. The first-order chi connectivity index (χ1) is 17.4. The molecule has 8 nitrogen and oxygen atoms in total. The highest BCUT2D eigenvalue weighted by Gasteiger charge is 2.36. The topological polar surface area (TPSA) is 88.9 Å². The Morgan fingerprint density at radius 3 is 2.89 bits per heavy atom. The van der Waals surface area contributed by atoms with Crippen LogP contribution in [0.2, 0.25) is 0 Å². The molecular weight excluding hydrogens is 472 g/mol. The number of nitrogens with one attached hydrogen (secondary N) is 1. The van der Waals surface area contributed by atoms with Crippen molar-refractivity contribution in [2.24, 2.45) is 0 Å². The highest BCUT2D eigenvalue weighted by molar-refractivity contribution is 7.09. The van der Waals surface area contributed by atoms with Gasteiger partial charge in [0.15, 0.2) is 5.82 Å². The number of aromatic nitrogens is 5. The quantitative estimate of drug-likeness (QED) is 0.351. The van der Waals surface area contributed by atoms with Crippen LogP contribution in [0.1, 0.15) is 67.9 Å². The summed E-state index contributed by atoms with van der Waals surface area (Å²) < 4.78 is 7.95. The summed E-state index contributed by atoms with van der Waals surface area (Å²) in [6, 6.07) is 11.9. The summed E-state index contributed by atoms with van der Waals surface area (Å²) >= 11 is 1.71. The number of nitrogens with zero attached hydrogens (tertiary/aromatic N) is 5. The van der Waals surface area contributed by atoms with E-state index in [-0.39, 0.29) is 17.2 Å². The molecule has 1 aromatic carbocycles. The van der Waals surface area contributed by atoms with Crippen molar-refractivity contribution in [2.45, 2.75) is 71.2 Å². The zero-order valence-corrected chi connectivity index (χ0v) is 22.2. The third kappa shape index (κ3) is 5.00. The smallest absolute Gasteiger partial charge is 0.253 e. The molecule has 5 rings (SSSR count). The van der Waals surface area contributed by atoms with Gasteiger partial charge >= 0.3 is 0 Å². The Kier molecular flexibility index (Phi) is 7.05. The highest BCUT2D eigenvalue weighted by Crippen LogP contribution is 2.33. The van der Waals surface area contributed by atoms with Crippen LogP contribution in [0, 0.1) is 6.92 Å². The third-order valence-electron chi connectivity index (χ3n) is 7.27. The molecule has 1 N–H and O–H groups in total. The Hall–Kier alpha value is -2.88. The average molecular weight is 507 g/mol. The maximum Gasteiger partial charge on any atom is 0.253 e. The van der Waals surface area contributed by atoms with E-state index in [0.29, 0.717) is 24.5 Å². The molecule has 0 bridgehead atoms. The highest BCUT2D eigenvalue weighted by atomic mass is 32.1. The second-order valence-electron chi connectivity index (χ2n) is 10.3. The number of fused-ring (bicyclic) bond motifs is 1. The van der Waals surface area contributed by atoms with Gasteiger partial charge in [0.1, 0.15) is 6.04 Å². The van der Waals surface area contributed by atoms with Gasteiger partial charge in [-0.1, -0.05) is 25.1 Å². The Bertz CT molecular complexity index is 1370. The molecule has 36 heavy (non-hydrogen) atoms. The number of aromatic amines is 1. The summed E-state index contributed by atoms with van der Waals surface area (Å²) in [5.41, 5.74) is 2.15. The summed E-state index contributed by atoms with van der Waals surface area (Å²) in [5, 5.41) is 16.1. The first-order valence-electron chi connectivity index (χ1n) is 12.7. The standard InChI is InChI=1S/C27H34N6O2S/c1-5-27(3,4)33-25(29-30-31-33)24(22-15-19-11-10-18(2)14-23(19)28-26(22)34)32(16-20-8-6-12-35-20)17-21-9-7-13-36-21/h7,9-11,13-15,20,24H,5-6,8,12,16-17H2,1-4H3,(H,28,34). The molecule has 1 saturated heterocycles. The third-order valence-corrected chi connectivity index (χ3v) is 8.13. The minimum absolute atomic E-state index is 0.109. The number of H-pyrrole nitrogens is 1. The lowest BCUT2D eigenvalue weighted by molar-refractivity contribution is 0.0566. The van der Waals surface area contributed by atoms with Gasteiger partial charge < -0.3 is 9.72 Å². The van der Waals surface area contributed by atoms with Crippen LogP contribution in [0.15, 0.2) is 46.6 Å². The predicted octanol–water partition coefficient (Wildman–Crippen LogP) is 4.80. The second kappa shape index (κ2) is 10.2. The molecule has 4 heterocycles. The van der Waals surface area contributed by atoms with E-state index >= 15 is 0 Å². The maximum atomic E-state index is 13.7. The van der Waals surface area contributed by atoms with Crippen molar-refractivity contribution in [3.05, 3.63) is 74.0 Å². The number of ether oxygens (including phenoxy) is 1. The Balaban J connectivity index is 1.69. The van der Waals surface area contributed by atoms with Crippen molar-refractivity contribution < 1.29 is 4.74 Å². The minimum atomic E-state index is -0.438. The van der Waals surface area contributed by atoms with Gasteiger partial charge in [-0.05, 0) is 85.0 Å². The number of hydrogen-bond donors (Lipinski definition) is 1. The minimum Gasteiger partial charge on any atom is -0.377 e. The number of pyridine rings is 1. The van der Waals surface area contributed by atoms with E-state index in [1.54, 1.807) is 11.3 Å². The monoisotopic (exact) mass is 506 g/mol. The number of hydrogen-bond acceptors (Lipinski definition) is 7. The fourth-order valence-electron chi connectivity index (χ4n) is 4.89. The summed E-state index contributed by atoms with van der Waals surface area (Å²) in [6.07, 6.45) is 3.02. The van der Waals surface area contributed by atoms with E-state index in [4.69, 9.17) is 4.74 Å². The van der Waals surface area contributed by atoms with Crippen molar-refractivity contribution in [1.29, 1.82) is 0 Å². The van der Waals surface area contributed by atoms with E-state index in [0.717, 1.165) is 42.3 Å². The van der Waals surface area contributed by atoms with Crippen molar-refractivity contribution in [2.75, 3.05) is 13.2 Å². The molecule has 9 heteroatoms. The molecule has 1 aliphatic heterocycles. The van der Waals surface area contributed by atoms with Crippen LogP contribution in [0.5, 0.6) is 0 Å². The zero-order chi connectivity index (χ0) is 25.3. The van der Waals surface area contributed by atoms with Gasteiger partial charge in [-0.2, -0.15) is 0 Å². The Labute approximate surface area is 215 Å². The van der Waals surface area contributed by atoms with E-state index in [9.17, 15) is 4.79 Å². The number of tetrazole rings is 1. The SMILES string of the molecule is CCC(C)(C)n1nnnc1C(c1cc2ccc(C)cc2[nH]c1=O)N(Cc1cccs1)CC1CCCO1. The van der Waals surface area contributed by atoms with Crippen molar-refractivity contribution in [3.63, 3.8) is 0 Å². The summed E-state index contributed by atoms with van der Waals surface area (Å²) in [5.74, 6) is 0.674. The van der Waals surface area contributed by atoms with Crippen LogP contribution in [-0.2, 0) is 16.8 Å². The van der Waals surface area contributed by atoms with E-state index < -0.39 is 6.04 Å². The molecule has 190 valence electrons. The normalized spacial score (nSPS) is 17.3. The lowest BCUT2D eigenvalue weighted by atomic mass is 9.98. The Morgan fingerprint density at radius 1 is 1.31 bits per heavy atom. The molecule has 0 spiro atoms. The van der Waals surface area contributed by atoms with Gasteiger partial charge in [0.25, 0.3) is 5.56 Å².